The van der Waals surface area contributed by atoms with Crippen LogP contribution in [-0.4, -0.2) is 35.9 Å². The SMILES string of the molecule is CCOC(O)CCc1ccc(OCCc2nc(-c3ccc(SC)cc3)oc2C)cc1. The van der Waals surface area contributed by atoms with Gasteiger partial charge in [0.25, 0.3) is 0 Å². The number of rotatable bonds is 11. The number of oxazole rings is 1. The molecule has 6 heteroatoms. The highest BCUT2D eigenvalue weighted by molar-refractivity contribution is 7.98. The molecule has 2 aromatic carbocycles. The monoisotopic (exact) mass is 427 g/mol. The van der Waals surface area contributed by atoms with Gasteiger partial charge in [0.05, 0.1) is 12.3 Å². The summed E-state index contributed by atoms with van der Waals surface area (Å²) >= 11 is 1.71. The number of aliphatic hydroxyl groups is 1. The number of thioether (sulfide) groups is 1. The average molecular weight is 428 g/mol. The average Bonchev–Trinajstić information content (AvgIpc) is 3.14. The van der Waals surface area contributed by atoms with E-state index in [9.17, 15) is 5.11 Å². The fraction of sp³-hybridized carbons (Fsp3) is 0.375. The maximum Gasteiger partial charge on any atom is 0.226 e. The molecule has 5 nitrogen and oxygen atoms in total. The minimum absolute atomic E-state index is 0.519. The van der Waals surface area contributed by atoms with Gasteiger partial charge in [-0.1, -0.05) is 12.1 Å². The van der Waals surface area contributed by atoms with E-state index in [4.69, 9.17) is 13.9 Å². The summed E-state index contributed by atoms with van der Waals surface area (Å²) < 4.78 is 16.9. The van der Waals surface area contributed by atoms with Gasteiger partial charge in [-0.15, -0.1) is 11.8 Å². The van der Waals surface area contributed by atoms with E-state index in [-0.39, 0.29) is 0 Å². The Bertz CT molecular complexity index is 906. The van der Waals surface area contributed by atoms with Crippen molar-refractivity contribution in [2.75, 3.05) is 19.5 Å². The van der Waals surface area contributed by atoms with Gasteiger partial charge in [0.15, 0.2) is 6.29 Å². The number of nitrogens with zero attached hydrogens (tertiary/aromatic N) is 1. The first-order valence-electron chi connectivity index (χ1n) is 10.2. The summed E-state index contributed by atoms with van der Waals surface area (Å²) in [5.41, 5.74) is 3.04. The molecule has 1 N–H and O–H groups in total. The van der Waals surface area contributed by atoms with E-state index in [0.717, 1.165) is 34.8 Å². The van der Waals surface area contributed by atoms with Crippen LogP contribution in [0.4, 0.5) is 0 Å². The molecule has 0 aliphatic heterocycles. The molecule has 0 spiro atoms. The second kappa shape index (κ2) is 11.2. The molecule has 1 heterocycles. The first-order chi connectivity index (χ1) is 14.6. The molecule has 0 saturated carbocycles. The van der Waals surface area contributed by atoms with Gasteiger partial charge in [-0.3, -0.25) is 0 Å². The maximum absolute atomic E-state index is 9.65. The molecule has 0 aliphatic rings. The predicted molar refractivity (Wildman–Crippen MR) is 120 cm³/mol. The summed E-state index contributed by atoms with van der Waals surface area (Å²) in [6.45, 7) is 4.86. The van der Waals surface area contributed by atoms with Crippen molar-refractivity contribution in [2.45, 2.75) is 44.3 Å². The lowest BCUT2D eigenvalue weighted by Crippen LogP contribution is -2.12. The molecule has 0 fully saturated rings. The third-order valence-corrected chi connectivity index (χ3v) is 5.54. The van der Waals surface area contributed by atoms with E-state index in [1.54, 1.807) is 11.8 Å². The Morgan fingerprint density at radius 1 is 1.07 bits per heavy atom. The van der Waals surface area contributed by atoms with Crippen LogP contribution in [0.15, 0.2) is 57.8 Å². The summed E-state index contributed by atoms with van der Waals surface area (Å²) in [4.78, 5) is 5.86. The summed E-state index contributed by atoms with van der Waals surface area (Å²) in [5, 5.41) is 9.65. The van der Waals surface area contributed by atoms with Gasteiger partial charge in [0.1, 0.15) is 11.5 Å². The molecular formula is C24H29NO4S. The van der Waals surface area contributed by atoms with Crippen LogP contribution < -0.4 is 4.74 Å². The third kappa shape index (κ3) is 6.36. The Labute approximate surface area is 182 Å². The van der Waals surface area contributed by atoms with Crippen LogP contribution >= 0.6 is 11.8 Å². The molecule has 1 aromatic heterocycles. The van der Waals surface area contributed by atoms with E-state index in [0.29, 0.717) is 31.9 Å². The molecule has 30 heavy (non-hydrogen) atoms. The van der Waals surface area contributed by atoms with Crippen molar-refractivity contribution >= 4 is 11.8 Å². The molecular weight excluding hydrogens is 398 g/mol. The van der Waals surface area contributed by atoms with Crippen molar-refractivity contribution in [3.8, 4) is 17.2 Å². The van der Waals surface area contributed by atoms with Gasteiger partial charge in [0, 0.05) is 29.9 Å². The van der Waals surface area contributed by atoms with Crippen molar-refractivity contribution in [1.82, 2.24) is 4.98 Å². The molecule has 3 rings (SSSR count). The van der Waals surface area contributed by atoms with Gasteiger partial charge in [-0.2, -0.15) is 0 Å². The highest BCUT2D eigenvalue weighted by atomic mass is 32.2. The Morgan fingerprint density at radius 3 is 2.47 bits per heavy atom. The van der Waals surface area contributed by atoms with Crippen LogP contribution in [0.5, 0.6) is 5.75 Å². The van der Waals surface area contributed by atoms with Gasteiger partial charge >= 0.3 is 0 Å². The van der Waals surface area contributed by atoms with Crippen LogP contribution in [0.3, 0.4) is 0 Å². The standard InChI is InChI=1S/C24H29NO4S/c1-4-27-23(26)14-7-18-5-10-20(11-6-18)28-16-15-22-17(2)29-24(25-22)19-8-12-21(30-3)13-9-19/h5-6,8-13,23,26H,4,7,14-16H2,1-3H3. The molecule has 1 unspecified atom stereocenters. The zero-order chi connectivity index (χ0) is 21.3. The number of hydrogen-bond donors (Lipinski definition) is 1. The molecule has 0 bridgehead atoms. The van der Waals surface area contributed by atoms with Gasteiger partial charge in [-0.05, 0) is 68.5 Å². The molecule has 0 radical (unpaired) electrons. The smallest absolute Gasteiger partial charge is 0.226 e. The summed E-state index contributed by atoms with van der Waals surface area (Å²) in [6, 6.07) is 16.2. The lowest BCUT2D eigenvalue weighted by atomic mass is 10.1. The number of hydrogen-bond acceptors (Lipinski definition) is 6. The molecule has 1 atom stereocenters. The van der Waals surface area contributed by atoms with Crippen LogP contribution in [0.25, 0.3) is 11.5 Å². The number of benzene rings is 2. The van der Waals surface area contributed by atoms with E-state index < -0.39 is 6.29 Å². The third-order valence-electron chi connectivity index (χ3n) is 4.80. The minimum atomic E-state index is -0.704. The zero-order valence-electron chi connectivity index (χ0n) is 17.8. The van der Waals surface area contributed by atoms with Gasteiger partial charge in [-0.25, -0.2) is 4.98 Å². The largest absolute Gasteiger partial charge is 0.493 e. The summed E-state index contributed by atoms with van der Waals surface area (Å²) in [5.74, 6) is 2.29. The minimum Gasteiger partial charge on any atom is -0.493 e. The zero-order valence-corrected chi connectivity index (χ0v) is 18.6. The Kier molecular flexibility index (Phi) is 8.37. The second-order valence-corrected chi connectivity index (χ2v) is 7.82. The fourth-order valence-corrected chi connectivity index (χ4v) is 3.51. The van der Waals surface area contributed by atoms with Crippen LogP contribution in [-0.2, 0) is 17.6 Å². The van der Waals surface area contributed by atoms with Crippen molar-refractivity contribution < 1.29 is 19.0 Å². The first kappa shape index (κ1) is 22.4. The summed E-state index contributed by atoms with van der Waals surface area (Å²) in [7, 11) is 0. The van der Waals surface area contributed by atoms with Gasteiger partial charge < -0.3 is 19.0 Å². The highest BCUT2D eigenvalue weighted by Crippen LogP contribution is 2.25. The van der Waals surface area contributed by atoms with Crippen molar-refractivity contribution in [3.05, 3.63) is 65.5 Å². The lowest BCUT2D eigenvalue weighted by molar-refractivity contribution is -0.0980. The van der Waals surface area contributed by atoms with E-state index in [2.05, 4.69) is 23.4 Å². The lowest BCUT2D eigenvalue weighted by Gasteiger charge is -2.10. The number of aromatic nitrogens is 1. The molecule has 160 valence electrons. The topological polar surface area (TPSA) is 64.7 Å². The quantitative estimate of drug-likeness (QED) is 0.332. The van der Waals surface area contributed by atoms with E-state index in [1.807, 2.05) is 50.2 Å². The molecule has 0 aliphatic carbocycles. The van der Waals surface area contributed by atoms with Crippen molar-refractivity contribution in [1.29, 1.82) is 0 Å². The van der Waals surface area contributed by atoms with Crippen LogP contribution in [0, 0.1) is 6.92 Å². The normalized spacial score (nSPS) is 12.1. The highest BCUT2D eigenvalue weighted by Gasteiger charge is 2.12. The summed E-state index contributed by atoms with van der Waals surface area (Å²) in [6.07, 6.45) is 3.39. The Morgan fingerprint density at radius 2 is 1.80 bits per heavy atom. The maximum atomic E-state index is 9.65. The van der Waals surface area contributed by atoms with Crippen molar-refractivity contribution in [2.24, 2.45) is 0 Å². The Hall–Kier alpha value is -2.28. The molecule has 0 saturated heterocycles. The van der Waals surface area contributed by atoms with Crippen molar-refractivity contribution in [3.63, 3.8) is 0 Å². The van der Waals surface area contributed by atoms with E-state index >= 15 is 0 Å². The molecule has 0 amide bonds. The number of ether oxygens (including phenoxy) is 2. The van der Waals surface area contributed by atoms with E-state index in [1.165, 1.54) is 4.90 Å². The number of aliphatic hydroxyl groups excluding tert-OH is 1. The van der Waals surface area contributed by atoms with Crippen LogP contribution in [0.2, 0.25) is 0 Å². The Balaban J connectivity index is 1.49. The second-order valence-electron chi connectivity index (χ2n) is 6.94. The predicted octanol–water partition coefficient (Wildman–Crippen LogP) is 5.28. The fourth-order valence-electron chi connectivity index (χ4n) is 3.10. The number of aryl methyl sites for hydroxylation is 2. The molecule has 3 aromatic rings. The first-order valence-corrected chi connectivity index (χ1v) is 11.4. The van der Waals surface area contributed by atoms with Crippen LogP contribution in [0.1, 0.15) is 30.4 Å². The van der Waals surface area contributed by atoms with Gasteiger partial charge in [0.2, 0.25) is 5.89 Å².